The van der Waals surface area contributed by atoms with Crippen molar-refractivity contribution in [2.24, 2.45) is 0 Å². The lowest BCUT2D eigenvalue weighted by molar-refractivity contribution is -0.128. The Kier molecular flexibility index (Phi) is 7.23. The molecule has 0 saturated carbocycles. The molecule has 31 heavy (non-hydrogen) atoms. The van der Waals surface area contributed by atoms with E-state index < -0.39 is 30.4 Å². The number of nitrogens with zero attached hydrogens (tertiary/aromatic N) is 2. The lowest BCUT2D eigenvalue weighted by atomic mass is 10.1. The van der Waals surface area contributed by atoms with E-state index in [1.165, 1.54) is 24.9 Å². The number of benzene rings is 1. The molecule has 0 fully saturated rings. The maximum Gasteiger partial charge on any atom is 0.340 e. The van der Waals surface area contributed by atoms with Crippen LogP contribution in [0.3, 0.4) is 0 Å². The average molecular weight is 471 g/mol. The van der Waals surface area contributed by atoms with Gasteiger partial charge in [0.25, 0.3) is 5.91 Å². The first-order valence-corrected chi connectivity index (χ1v) is 10.5. The zero-order chi connectivity index (χ0) is 22.5. The molecule has 1 aromatic carbocycles. The SMILES string of the molecule is COc1cc(O)c2c(c1Cl)C(=O)OCC(=O)NCC(=O)N[C@H](c1nc(C)no1)CSC2. The molecule has 1 aliphatic heterocycles. The van der Waals surface area contributed by atoms with Crippen LogP contribution in [0.15, 0.2) is 10.6 Å². The van der Waals surface area contributed by atoms with Gasteiger partial charge in [-0.05, 0) is 6.92 Å². The van der Waals surface area contributed by atoms with Crippen molar-refractivity contribution < 1.29 is 33.5 Å². The number of thioether (sulfide) groups is 1. The number of methoxy groups -OCH3 is 1. The van der Waals surface area contributed by atoms with Crippen LogP contribution in [0, 0.1) is 6.92 Å². The molecule has 1 aliphatic rings. The highest BCUT2D eigenvalue weighted by Gasteiger charge is 2.27. The number of phenolic OH excluding ortho intramolecular Hbond substituents is 1. The van der Waals surface area contributed by atoms with E-state index in [0.717, 1.165) is 0 Å². The molecule has 1 atom stereocenters. The zero-order valence-electron chi connectivity index (χ0n) is 16.6. The number of aromatic nitrogens is 2. The number of esters is 1. The molecule has 0 spiro atoms. The van der Waals surface area contributed by atoms with E-state index >= 15 is 0 Å². The second-order valence-electron chi connectivity index (χ2n) is 6.43. The van der Waals surface area contributed by atoms with Crippen molar-refractivity contribution in [3.8, 4) is 11.5 Å². The van der Waals surface area contributed by atoms with Gasteiger partial charge >= 0.3 is 5.97 Å². The first-order valence-electron chi connectivity index (χ1n) is 8.99. The Hall–Kier alpha value is -2.99. The Labute approximate surface area is 185 Å². The molecule has 0 radical (unpaired) electrons. The van der Waals surface area contributed by atoms with Crippen molar-refractivity contribution in [3.05, 3.63) is 33.9 Å². The molecular weight excluding hydrogens is 452 g/mol. The minimum atomic E-state index is -0.907. The molecule has 3 rings (SSSR count). The number of cyclic esters (lactones) is 1. The Morgan fingerprint density at radius 2 is 2.10 bits per heavy atom. The molecule has 0 unspecified atom stereocenters. The van der Waals surface area contributed by atoms with E-state index in [9.17, 15) is 19.5 Å². The number of amides is 2. The van der Waals surface area contributed by atoms with E-state index in [2.05, 4.69) is 20.8 Å². The van der Waals surface area contributed by atoms with Crippen LogP contribution < -0.4 is 15.4 Å². The quantitative estimate of drug-likeness (QED) is 0.544. The predicted octanol–water partition coefficient (Wildman–Crippen LogP) is 1.12. The maximum atomic E-state index is 12.6. The van der Waals surface area contributed by atoms with Crippen molar-refractivity contribution >= 4 is 41.1 Å². The summed E-state index contributed by atoms with van der Waals surface area (Å²) in [5.74, 6) is -1.26. The van der Waals surface area contributed by atoms with Crippen LogP contribution in [0.2, 0.25) is 5.02 Å². The highest BCUT2D eigenvalue weighted by molar-refractivity contribution is 7.98. The number of carbonyl (C=O) groups excluding carboxylic acids is 3. The lowest BCUT2D eigenvalue weighted by Crippen LogP contribution is -2.41. The smallest absolute Gasteiger partial charge is 0.340 e. The van der Waals surface area contributed by atoms with Gasteiger partial charge in [-0.25, -0.2) is 4.79 Å². The summed E-state index contributed by atoms with van der Waals surface area (Å²) in [5, 5.41) is 19.2. The normalized spacial score (nSPS) is 18.3. The Bertz CT molecular complexity index is 1010. The van der Waals surface area contributed by atoms with Gasteiger partial charge in [0.2, 0.25) is 11.8 Å². The van der Waals surface area contributed by atoms with E-state index in [4.69, 9.17) is 25.6 Å². The van der Waals surface area contributed by atoms with Gasteiger partial charge < -0.3 is 29.7 Å². The van der Waals surface area contributed by atoms with Crippen LogP contribution in [0.5, 0.6) is 11.5 Å². The summed E-state index contributed by atoms with van der Waals surface area (Å²) in [4.78, 5) is 41.0. The maximum absolute atomic E-state index is 12.6. The van der Waals surface area contributed by atoms with Crippen molar-refractivity contribution in [1.82, 2.24) is 20.8 Å². The van der Waals surface area contributed by atoms with Crippen LogP contribution in [-0.2, 0) is 20.1 Å². The predicted molar refractivity (Wildman–Crippen MR) is 109 cm³/mol. The summed E-state index contributed by atoms with van der Waals surface area (Å²) >= 11 is 7.57. The minimum Gasteiger partial charge on any atom is -0.507 e. The van der Waals surface area contributed by atoms with Gasteiger partial charge in [0, 0.05) is 23.1 Å². The molecule has 1 aromatic heterocycles. The monoisotopic (exact) mass is 470 g/mol. The summed E-state index contributed by atoms with van der Waals surface area (Å²) in [5.41, 5.74) is 0.0927. The Morgan fingerprint density at radius 1 is 1.32 bits per heavy atom. The molecule has 0 aliphatic carbocycles. The topological polar surface area (TPSA) is 153 Å². The summed E-state index contributed by atoms with van der Waals surface area (Å²) in [7, 11) is 1.34. The van der Waals surface area contributed by atoms with Crippen molar-refractivity contribution in [2.75, 3.05) is 26.0 Å². The number of phenols is 1. The van der Waals surface area contributed by atoms with Crippen molar-refractivity contribution in [3.63, 3.8) is 0 Å². The average Bonchev–Trinajstić information content (AvgIpc) is 3.17. The van der Waals surface area contributed by atoms with E-state index in [-0.39, 0.29) is 51.6 Å². The first kappa shape index (κ1) is 22.7. The number of ether oxygens (including phenoxy) is 2. The van der Waals surface area contributed by atoms with Gasteiger partial charge in [-0.15, -0.1) is 0 Å². The molecular formula is C18H19ClN4O7S. The van der Waals surface area contributed by atoms with Crippen molar-refractivity contribution in [1.29, 1.82) is 0 Å². The van der Waals surface area contributed by atoms with E-state index in [0.29, 0.717) is 5.82 Å². The molecule has 0 bridgehead atoms. The molecule has 2 aromatic rings. The molecule has 2 heterocycles. The summed E-state index contributed by atoms with van der Waals surface area (Å²) in [6, 6.07) is 0.621. The molecule has 13 heteroatoms. The van der Waals surface area contributed by atoms with E-state index in [1.807, 2.05) is 0 Å². The molecule has 0 saturated heterocycles. The standard InChI is InChI=1S/C18H19ClN4O7S/c1-8-21-17(30-23-8)10-7-31-6-9-11(24)3-12(28-2)16(19)15(9)18(27)29-5-14(26)20-4-13(25)22-10/h3,10,24H,4-7H2,1-2H3,(H,20,26)(H,22,25)/t10-/m0/s1. The van der Waals surface area contributed by atoms with Gasteiger partial charge in [0.15, 0.2) is 12.4 Å². The minimum absolute atomic E-state index is 0.0502. The third-order valence-electron chi connectivity index (χ3n) is 4.23. The fourth-order valence-corrected chi connectivity index (χ4v) is 4.15. The van der Waals surface area contributed by atoms with Gasteiger partial charge in [0.05, 0.1) is 24.2 Å². The largest absolute Gasteiger partial charge is 0.507 e. The number of rotatable bonds is 2. The second-order valence-corrected chi connectivity index (χ2v) is 7.84. The lowest BCUT2D eigenvalue weighted by Gasteiger charge is -2.18. The fraction of sp³-hybridized carbons (Fsp3) is 0.389. The van der Waals surface area contributed by atoms with Crippen LogP contribution in [0.25, 0.3) is 0 Å². The van der Waals surface area contributed by atoms with Gasteiger partial charge in [-0.3, -0.25) is 9.59 Å². The Morgan fingerprint density at radius 3 is 2.77 bits per heavy atom. The van der Waals surface area contributed by atoms with Crippen LogP contribution >= 0.6 is 23.4 Å². The van der Waals surface area contributed by atoms with Gasteiger partial charge in [-0.1, -0.05) is 16.8 Å². The number of hydrogen-bond acceptors (Lipinski definition) is 10. The fourth-order valence-electron chi connectivity index (χ4n) is 2.75. The second kappa shape index (κ2) is 9.88. The molecule has 166 valence electrons. The number of hydrogen-bond donors (Lipinski definition) is 3. The van der Waals surface area contributed by atoms with Gasteiger partial charge in [-0.2, -0.15) is 16.7 Å². The summed E-state index contributed by atoms with van der Waals surface area (Å²) in [6.07, 6.45) is 0. The number of halogens is 1. The van der Waals surface area contributed by atoms with Crippen molar-refractivity contribution in [2.45, 2.75) is 18.7 Å². The number of aromatic hydroxyl groups is 1. The third kappa shape index (κ3) is 5.39. The third-order valence-corrected chi connectivity index (χ3v) is 5.66. The Balaban J connectivity index is 1.95. The number of carbonyl (C=O) groups is 3. The van der Waals surface area contributed by atoms with Gasteiger partial charge in [0.1, 0.15) is 17.5 Å². The van der Waals surface area contributed by atoms with Crippen LogP contribution in [-0.4, -0.2) is 59.0 Å². The first-order chi connectivity index (χ1) is 14.8. The number of nitrogens with one attached hydrogen (secondary N) is 2. The summed E-state index contributed by atoms with van der Waals surface area (Å²) in [6.45, 7) is 0.663. The highest BCUT2D eigenvalue weighted by atomic mass is 35.5. The molecule has 3 N–H and O–H groups in total. The number of aryl methyl sites for hydroxylation is 1. The van der Waals surface area contributed by atoms with Crippen LogP contribution in [0.1, 0.15) is 33.7 Å². The summed E-state index contributed by atoms with van der Waals surface area (Å²) < 4.78 is 15.3. The van der Waals surface area contributed by atoms with E-state index in [1.54, 1.807) is 6.92 Å². The molecule has 2 amide bonds. The number of fused-ring (bicyclic) bond motifs is 1. The molecule has 11 nitrogen and oxygen atoms in total. The highest BCUT2D eigenvalue weighted by Crippen LogP contribution is 2.39. The zero-order valence-corrected chi connectivity index (χ0v) is 18.1. The van der Waals surface area contributed by atoms with Crippen LogP contribution in [0.4, 0.5) is 0 Å².